The lowest BCUT2D eigenvalue weighted by molar-refractivity contribution is -0.375. The van der Waals surface area contributed by atoms with E-state index in [2.05, 4.69) is 37.5 Å². The van der Waals surface area contributed by atoms with Crippen LogP contribution in [0.2, 0.25) is 0 Å². The van der Waals surface area contributed by atoms with Crippen molar-refractivity contribution < 1.29 is 78.5 Å². The Labute approximate surface area is 383 Å². The normalized spacial score (nSPS) is 48.0. The Bertz CT molecular complexity index is 1770. The second-order valence-corrected chi connectivity index (χ2v) is 22.2. The first-order valence-corrected chi connectivity index (χ1v) is 23.7. The van der Waals surface area contributed by atoms with E-state index in [9.17, 15) is 45.3 Å². The van der Waals surface area contributed by atoms with Gasteiger partial charge in [0, 0.05) is 26.4 Å². The van der Waals surface area contributed by atoms with Crippen molar-refractivity contribution >= 4 is 11.8 Å². The summed E-state index contributed by atoms with van der Waals surface area (Å²) < 4.78 is 43.8. The molecule has 0 radical (unpaired) electrons. The minimum absolute atomic E-state index is 0.0120. The fourth-order valence-electron chi connectivity index (χ4n) is 13.4. The Morgan fingerprint density at radius 3 is 2.11 bits per heavy atom. The van der Waals surface area contributed by atoms with Gasteiger partial charge in [-0.25, -0.2) is 0 Å². The van der Waals surface area contributed by atoms with Gasteiger partial charge in [-0.1, -0.05) is 32.4 Å². The molecule has 3 aliphatic carbocycles. The molecule has 372 valence electrons. The van der Waals surface area contributed by atoms with Gasteiger partial charge in [-0.05, 0) is 108 Å². The van der Waals surface area contributed by atoms with Gasteiger partial charge >= 0.3 is 0 Å². The van der Waals surface area contributed by atoms with Crippen LogP contribution in [0.5, 0.6) is 0 Å². The number of aliphatic hydroxyl groups is 7. The summed E-state index contributed by atoms with van der Waals surface area (Å²) in [5, 5.41) is 81.6. The quantitative estimate of drug-likeness (QED) is 0.0979. The number of rotatable bonds is 12. The zero-order valence-corrected chi connectivity index (χ0v) is 39.9. The lowest BCUT2D eigenvalue weighted by Gasteiger charge is -2.61. The van der Waals surface area contributed by atoms with Crippen molar-refractivity contribution in [1.82, 2.24) is 10.6 Å². The fourth-order valence-corrected chi connectivity index (χ4v) is 13.4. The predicted octanol–water partition coefficient (Wildman–Crippen LogP) is 1.06. The van der Waals surface area contributed by atoms with E-state index in [1.54, 1.807) is 13.8 Å². The van der Waals surface area contributed by atoms with Crippen LogP contribution in [0, 0.1) is 28.1 Å². The number of carbonyl (C=O) groups is 2. The number of aliphatic hydroxyl groups excluding tert-OH is 6. The van der Waals surface area contributed by atoms with Crippen molar-refractivity contribution in [2.24, 2.45) is 28.1 Å². The van der Waals surface area contributed by atoms with Crippen molar-refractivity contribution in [1.29, 1.82) is 0 Å². The highest BCUT2D eigenvalue weighted by molar-refractivity contribution is 5.74. The molecule has 7 rings (SSSR count). The zero-order valence-electron chi connectivity index (χ0n) is 39.9. The molecule has 0 spiro atoms. The summed E-state index contributed by atoms with van der Waals surface area (Å²) in [5.74, 6) is -0.534. The van der Waals surface area contributed by atoms with Crippen LogP contribution in [0.3, 0.4) is 0 Å². The maximum absolute atomic E-state index is 12.2. The number of methoxy groups -OCH3 is 1. The van der Waals surface area contributed by atoms with Crippen molar-refractivity contribution in [2.75, 3.05) is 20.3 Å². The second-order valence-electron chi connectivity index (χ2n) is 22.2. The third kappa shape index (κ3) is 9.21. The van der Waals surface area contributed by atoms with E-state index < -0.39 is 115 Å². The number of amides is 2. The third-order valence-corrected chi connectivity index (χ3v) is 16.9. The third-order valence-electron chi connectivity index (χ3n) is 16.9. The number of fused-ring (bicyclic) bond motifs is 4. The smallest absolute Gasteiger partial charge is 0.219 e. The Morgan fingerprint density at radius 1 is 0.800 bits per heavy atom. The summed E-state index contributed by atoms with van der Waals surface area (Å²) in [5.41, 5.74) is -3.93. The lowest BCUT2D eigenvalue weighted by Crippen LogP contribution is -2.74. The summed E-state index contributed by atoms with van der Waals surface area (Å²) in [6, 6.07) is -1.04. The highest BCUT2D eigenvalue weighted by atomic mass is 16.7. The van der Waals surface area contributed by atoms with E-state index in [1.807, 2.05) is 13.8 Å². The SMILES string of the molecule is COC[C@H]1O[C@@H](OC(C)(C)[C@@H]2CC[C@@]3(C)C4CC[C@H](C5=C[C@]6(C)CC[C@@H](C(C)(C)O[C@@H]7O[C@H](CO)[C@@H](O)[C@H](O)[C@]7(O)NC(C)=O)O[C@H]6CC5)[C@@]4(C)C[C@@H](O)[C@H]3O2)[C@H](NC(C)=O)[C@@H](O)[C@@H]1O. The molecule has 0 aromatic heterocycles. The number of carbonyl (C=O) groups excluding carboxylic acids is 2. The van der Waals surface area contributed by atoms with Gasteiger partial charge in [0.05, 0.1) is 54.9 Å². The van der Waals surface area contributed by atoms with Gasteiger partial charge in [0.25, 0.3) is 0 Å². The van der Waals surface area contributed by atoms with Gasteiger partial charge in [0.15, 0.2) is 6.29 Å². The van der Waals surface area contributed by atoms with E-state index in [-0.39, 0.29) is 40.8 Å². The van der Waals surface area contributed by atoms with E-state index >= 15 is 0 Å². The summed E-state index contributed by atoms with van der Waals surface area (Å²) in [7, 11) is 1.47. The summed E-state index contributed by atoms with van der Waals surface area (Å²) >= 11 is 0. The highest BCUT2D eigenvalue weighted by Crippen LogP contribution is 2.67. The molecule has 18 nitrogen and oxygen atoms in total. The van der Waals surface area contributed by atoms with Crippen LogP contribution >= 0.6 is 0 Å². The van der Waals surface area contributed by atoms with Gasteiger partial charge < -0.3 is 79.5 Å². The van der Waals surface area contributed by atoms with Crippen LogP contribution in [0.4, 0.5) is 0 Å². The monoisotopic (exact) mass is 927 g/mol. The molecule has 18 heteroatoms. The van der Waals surface area contributed by atoms with Gasteiger partial charge in [0.2, 0.25) is 23.8 Å². The zero-order chi connectivity index (χ0) is 47.8. The minimum Gasteiger partial charge on any atom is -0.394 e. The van der Waals surface area contributed by atoms with Gasteiger partial charge in [-0.15, -0.1) is 0 Å². The Kier molecular flexibility index (Phi) is 14.5. The van der Waals surface area contributed by atoms with E-state index in [0.29, 0.717) is 19.3 Å². The maximum atomic E-state index is 12.2. The van der Waals surface area contributed by atoms with Crippen molar-refractivity contribution in [3.8, 4) is 0 Å². The molecule has 2 amide bonds. The van der Waals surface area contributed by atoms with Crippen LogP contribution < -0.4 is 10.6 Å². The number of hydrogen-bond acceptors (Lipinski definition) is 16. The molecule has 4 heterocycles. The van der Waals surface area contributed by atoms with Gasteiger partial charge in [-0.2, -0.15) is 0 Å². The van der Waals surface area contributed by atoms with Crippen molar-refractivity contribution in [3.63, 3.8) is 0 Å². The molecule has 4 aliphatic heterocycles. The molecule has 65 heavy (non-hydrogen) atoms. The highest BCUT2D eigenvalue weighted by Gasteiger charge is 2.66. The van der Waals surface area contributed by atoms with Gasteiger partial charge in [0.1, 0.15) is 42.7 Å². The topological polar surface area (TPSA) is 264 Å². The molecule has 0 aromatic rings. The standard InChI is InChI=1S/C47H78N2O16/c1-23(51)48-34-37(56)35(54)29(22-59-10)60-40(34)64-42(3,4)32-16-18-45(8)30-13-12-26(46(30,9)20-27(53)39(45)63-32)25-11-14-33-44(7,19-25)17-15-31(62-33)43(5,6)65-41-47(58,49-24(2)52)38(57)36(55)28(21-50)61-41/h19,26-41,50,53-58H,11-18,20-22H2,1-10H3,(H,48,51)(H,49,52)/t26-,27-,28-,29-,30?,31+,32+,33+,34-,35-,36-,37-,38+,39-,40+,41+,44+,45+,46-,47-/m1/s1. The predicted molar refractivity (Wildman–Crippen MR) is 231 cm³/mol. The van der Waals surface area contributed by atoms with Crippen molar-refractivity contribution in [2.45, 2.75) is 223 Å². The van der Waals surface area contributed by atoms with Gasteiger partial charge in [-0.3, -0.25) is 9.59 Å². The van der Waals surface area contributed by atoms with Crippen LogP contribution in [0.1, 0.15) is 120 Å². The summed E-state index contributed by atoms with van der Waals surface area (Å²) in [4.78, 5) is 24.3. The lowest BCUT2D eigenvalue weighted by atomic mass is 9.50. The molecular formula is C47H78N2O16. The first-order chi connectivity index (χ1) is 30.2. The van der Waals surface area contributed by atoms with Crippen LogP contribution in [-0.2, 0) is 42.7 Å². The largest absolute Gasteiger partial charge is 0.394 e. The molecule has 2 saturated carbocycles. The minimum atomic E-state index is -2.50. The molecular weight excluding hydrogens is 849 g/mol. The van der Waals surface area contributed by atoms with E-state index in [0.717, 1.165) is 45.4 Å². The molecule has 20 atom stereocenters. The molecule has 1 unspecified atom stereocenters. The molecule has 6 fully saturated rings. The number of ether oxygens (including phenoxy) is 7. The summed E-state index contributed by atoms with van der Waals surface area (Å²) in [6.45, 7) is 16.1. The molecule has 0 aromatic carbocycles. The Morgan fingerprint density at radius 2 is 1.46 bits per heavy atom. The first kappa shape index (κ1) is 51.0. The molecule has 7 aliphatic rings. The average Bonchev–Trinajstić information content (AvgIpc) is 3.57. The number of nitrogens with one attached hydrogen (secondary N) is 2. The molecule has 4 saturated heterocycles. The second kappa shape index (κ2) is 18.5. The molecule has 0 bridgehead atoms. The fraction of sp³-hybridized carbons (Fsp3) is 0.915. The van der Waals surface area contributed by atoms with E-state index in [1.165, 1.54) is 19.6 Å². The Balaban J connectivity index is 1.02. The summed E-state index contributed by atoms with van der Waals surface area (Å²) in [6.07, 6.45) is -3.90. The number of allylic oxidation sites excluding steroid dienone is 1. The average molecular weight is 927 g/mol. The Hall–Kier alpha value is -1.88. The van der Waals surface area contributed by atoms with Crippen LogP contribution in [-0.4, -0.2) is 171 Å². The number of hydrogen-bond donors (Lipinski definition) is 9. The maximum Gasteiger partial charge on any atom is 0.219 e. The first-order valence-electron chi connectivity index (χ1n) is 23.7. The van der Waals surface area contributed by atoms with Crippen LogP contribution in [0.25, 0.3) is 0 Å². The molecule has 9 N–H and O–H groups in total. The van der Waals surface area contributed by atoms with Crippen molar-refractivity contribution in [3.05, 3.63) is 11.6 Å². The van der Waals surface area contributed by atoms with E-state index in [4.69, 9.17) is 33.2 Å². The van der Waals surface area contributed by atoms with Crippen LogP contribution in [0.15, 0.2) is 11.6 Å².